The van der Waals surface area contributed by atoms with E-state index in [4.69, 9.17) is 4.42 Å². The first kappa shape index (κ1) is 18.5. The number of aromatic nitrogens is 5. The van der Waals surface area contributed by atoms with Crippen LogP contribution in [0.15, 0.2) is 41.3 Å². The second-order valence-electron chi connectivity index (χ2n) is 8.45. The van der Waals surface area contributed by atoms with Crippen LogP contribution in [0.5, 0.6) is 0 Å². The van der Waals surface area contributed by atoms with Crippen LogP contribution in [-0.2, 0) is 11.8 Å². The van der Waals surface area contributed by atoms with Crippen molar-refractivity contribution in [3.05, 3.63) is 71.5 Å². The number of nitrogens with one attached hydrogen (secondary N) is 1. The highest BCUT2D eigenvalue weighted by Gasteiger charge is 2.38. The smallest absolute Gasteiger partial charge is 0.292 e. The summed E-state index contributed by atoms with van der Waals surface area (Å²) in [6.07, 6.45) is 5.37. The summed E-state index contributed by atoms with van der Waals surface area (Å²) in [4.78, 5) is 26.9. The number of imidazole rings is 1. The molecule has 1 amide bonds. The molecule has 0 spiro atoms. The molecule has 1 aliphatic rings. The molecule has 9 heteroatoms. The minimum Gasteiger partial charge on any atom is -0.435 e. The maximum Gasteiger partial charge on any atom is 0.292 e. The molecule has 4 aromatic heterocycles. The van der Waals surface area contributed by atoms with Crippen LogP contribution in [0.25, 0.3) is 5.52 Å². The highest BCUT2D eigenvalue weighted by Crippen LogP contribution is 2.35. The second-order valence-corrected chi connectivity index (χ2v) is 8.45. The van der Waals surface area contributed by atoms with E-state index in [0.717, 1.165) is 5.69 Å². The minimum atomic E-state index is -0.560. The third-order valence-electron chi connectivity index (χ3n) is 5.29. The molecule has 1 atom stereocenters. The molecule has 0 aromatic carbocycles. The summed E-state index contributed by atoms with van der Waals surface area (Å²) in [5.41, 5.74) is 2.21. The van der Waals surface area contributed by atoms with E-state index >= 15 is 0 Å². The Bertz CT molecular complexity index is 1250. The minimum absolute atomic E-state index is 0.166. The molecule has 0 bridgehead atoms. The Hall–Kier alpha value is -3.49. The van der Waals surface area contributed by atoms with Crippen LogP contribution in [0.1, 0.15) is 60.3 Å². The molecule has 8 nitrogen and oxygen atoms in total. The largest absolute Gasteiger partial charge is 0.435 e. The number of rotatable bonds is 2. The predicted octanol–water partition coefficient (Wildman–Crippen LogP) is 3.27. The van der Waals surface area contributed by atoms with Gasteiger partial charge in [0.15, 0.2) is 0 Å². The van der Waals surface area contributed by atoms with E-state index in [1.807, 2.05) is 20.8 Å². The van der Waals surface area contributed by atoms with Gasteiger partial charge in [0, 0.05) is 30.3 Å². The van der Waals surface area contributed by atoms with E-state index in [1.54, 1.807) is 29.6 Å². The Kier molecular flexibility index (Phi) is 4.02. The van der Waals surface area contributed by atoms with Crippen molar-refractivity contribution in [1.29, 1.82) is 0 Å². The lowest BCUT2D eigenvalue weighted by molar-refractivity contribution is 0.0650. The fourth-order valence-electron chi connectivity index (χ4n) is 3.79. The summed E-state index contributed by atoms with van der Waals surface area (Å²) in [6, 6.07) is 4.07. The molecule has 1 N–H and O–H groups in total. The van der Waals surface area contributed by atoms with Crippen molar-refractivity contribution in [2.75, 3.05) is 6.54 Å². The van der Waals surface area contributed by atoms with Crippen molar-refractivity contribution in [1.82, 2.24) is 29.5 Å². The summed E-state index contributed by atoms with van der Waals surface area (Å²) in [7, 11) is 0. The summed E-state index contributed by atoms with van der Waals surface area (Å²) in [6.45, 7) is 6.36. The van der Waals surface area contributed by atoms with Crippen molar-refractivity contribution < 1.29 is 13.6 Å². The summed E-state index contributed by atoms with van der Waals surface area (Å²) in [5, 5.41) is 4.53. The Balaban J connectivity index is 1.59. The van der Waals surface area contributed by atoms with Gasteiger partial charge in [-0.25, -0.2) is 18.9 Å². The third kappa shape index (κ3) is 2.89. The van der Waals surface area contributed by atoms with Crippen LogP contribution in [0.2, 0.25) is 0 Å². The predicted molar refractivity (Wildman–Crippen MR) is 106 cm³/mol. The number of carbonyl (C=O) groups excluding carboxylic acids is 1. The topological polar surface area (TPSA) is 92.3 Å². The van der Waals surface area contributed by atoms with Gasteiger partial charge in [0.1, 0.15) is 17.4 Å². The molecule has 154 valence electrons. The van der Waals surface area contributed by atoms with Crippen LogP contribution in [0, 0.1) is 5.82 Å². The average molecular weight is 408 g/mol. The van der Waals surface area contributed by atoms with Gasteiger partial charge in [0.2, 0.25) is 11.7 Å². The fourth-order valence-corrected chi connectivity index (χ4v) is 3.79. The number of carbonyl (C=O) groups is 1. The zero-order valence-electron chi connectivity index (χ0n) is 16.9. The van der Waals surface area contributed by atoms with E-state index in [0.29, 0.717) is 35.8 Å². The first-order chi connectivity index (χ1) is 14.3. The molecule has 0 radical (unpaired) electrons. The molecule has 5 rings (SSSR count). The van der Waals surface area contributed by atoms with Gasteiger partial charge in [0.25, 0.3) is 5.91 Å². The highest BCUT2D eigenvalue weighted by molar-refractivity contribution is 5.92. The van der Waals surface area contributed by atoms with Crippen molar-refractivity contribution in [2.24, 2.45) is 0 Å². The van der Waals surface area contributed by atoms with Crippen molar-refractivity contribution in [2.45, 2.75) is 38.6 Å². The lowest BCUT2D eigenvalue weighted by atomic mass is 9.97. The van der Waals surface area contributed by atoms with E-state index in [9.17, 15) is 9.18 Å². The normalized spacial score (nSPS) is 16.8. The van der Waals surface area contributed by atoms with Crippen molar-refractivity contribution >= 4 is 11.4 Å². The number of pyridine rings is 1. The number of fused-ring (bicyclic) bond motifs is 2. The lowest BCUT2D eigenvalue weighted by Gasteiger charge is -2.33. The SMILES string of the molecule is CC(C)(C)c1ncc(C(=O)N2CCc3[nH]cnc3[C@@H]2c2cc3c(F)cccn3n2)o1. The molecular weight excluding hydrogens is 387 g/mol. The first-order valence-corrected chi connectivity index (χ1v) is 9.76. The quantitative estimate of drug-likeness (QED) is 0.550. The van der Waals surface area contributed by atoms with E-state index in [2.05, 4.69) is 20.1 Å². The zero-order valence-corrected chi connectivity index (χ0v) is 16.9. The van der Waals surface area contributed by atoms with Crippen LogP contribution in [0.3, 0.4) is 0 Å². The van der Waals surface area contributed by atoms with Crippen LogP contribution >= 0.6 is 0 Å². The van der Waals surface area contributed by atoms with Crippen molar-refractivity contribution in [3.63, 3.8) is 0 Å². The Morgan fingerprint density at radius 1 is 1.33 bits per heavy atom. The maximum atomic E-state index is 14.3. The fraction of sp³-hybridized carbons (Fsp3) is 0.333. The number of halogens is 1. The van der Waals surface area contributed by atoms with Gasteiger partial charge in [-0.2, -0.15) is 5.10 Å². The number of aromatic amines is 1. The Labute approximate surface area is 171 Å². The van der Waals surface area contributed by atoms with Gasteiger partial charge < -0.3 is 14.3 Å². The van der Waals surface area contributed by atoms with Gasteiger partial charge >= 0.3 is 0 Å². The Morgan fingerprint density at radius 2 is 2.17 bits per heavy atom. The molecule has 0 saturated heterocycles. The van der Waals surface area contributed by atoms with E-state index < -0.39 is 6.04 Å². The molecule has 0 unspecified atom stereocenters. The summed E-state index contributed by atoms with van der Waals surface area (Å²) >= 11 is 0. The number of hydrogen-bond donors (Lipinski definition) is 1. The number of oxazole rings is 1. The number of amides is 1. The monoisotopic (exact) mass is 408 g/mol. The van der Waals surface area contributed by atoms with Gasteiger partial charge in [-0.05, 0) is 18.2 Å². The van der Waals surface area contributed by atoms with Gasteiger partial charge in [-0.3, -0.25) is 4.79 Å². The number of hydrogen-bond acceptors (Lipinski definition) is 5. The Morgan fingerprint density at radius 3 is 2.90 bits per heavy atom. The average Bonchev–Trinajstić information content (AvgIpc) is 3.44. The molecule has 0 fully saturated rings. The molecular formula is C21H21FN6O2. The maximum absolute atomic E-state index is 14.3. The molecule has 4 aromatic rings. The zero-order chi connectivity index (χ0) is 21.0. The standard InChI is InChI=1S/C21H21FN6O2/c1-21(2,3)20-23-10-16(30-20)19(29)27-8-6-13-17(25-11-24-13)18(27)14-9-15-12(22)5-4-7-28(15)26-14/h4-5,7,9-11,18H,6,8H2,1-3H3,(H,24,25)/t18-/m0/s1. The highest BCUT2D eigenvalue weighted by atomic mass is 19.1. The van der Waals surface area contributed by atoms with Gasteiger partial charge in [-0.1, -0.05) is 20.8 Å². The van der Waals surface area contributed by atoms with Crippen molar-refractivity contribution in [3.8, 4) is 0 Å². The van der Waals surface area contributed by atoms with Gasteiger partial charge in [0.05, 0.1) is 23.9 Å². The third-order valence-corrected chi connectivity index (χ3v) is 5.29. The molecule has 0 saturated carbocycles. The molecule has 1 aliphatic heterocycles. The van der Waals surface area contributed by atoms with Crippen LogP contribution in [0.4, 0.5) is 4.39 Å². The van der Waals surface area contributed by atoms with Crippen LogP contribution < -0.4 is 0 Å². The summed E-state index contributed by atoms with van der Waals surface area (Å²) in [5.74, 6) is -0.0139. The summed E-state index contributed by atoms with van der Waals surface area (Å²) < 4.78 is 21.5. The molecule has 0 aliphatic carbocycles. The van der Waals surface area contributed by atoms with Gasteiger partial charge in [-0.15, -0.1) is 0 Å². The lowest BCUT2D eigenvalue weighted by Crippen LogP contribution is -2.40. The molecule has 5 heterocycles. The second kappa shape index (κ2) is 6.51. The number of nitrogens with zero attached hydrogens (tertiary/aromatic N) is 5. The molecule has 30 heavy (non-hydrogen) atoms. The van der Waals surface area contributed by atoms with Crippen LogP contribution in [-0.4, -0.2) is 41.9 Å². The van der Waals surface area contributed by atoms with E-state index in [1.165, 1.54) is 16.8 Å². The van der Waals surface area contributed by atoms with E-state index in [-0.39, 0.29) is 22.9 Å². The first-order valence-electron chi connectivity index (χ1n) is 9.76. The number of H-pyrrole nitrogens is 1.